The van der Waals surface area contributed by atoms with E-state index in [-0.39, 0.29) is 17.7 Å². The summed E-state index contributed by atoms with van der Waals surface area (Å²) in [4.78, 5) is 26.3. The van der Waals surface area contributed by atoms with Crippen molar-refractivity contribution in [2.45, 2.75) is 6.54 Å². The zero-order valence-corrected chi connectivity index (χ0v) is 15.6. The Morgan fingerprint density at radius 1 is 1.09 bits per heavy atom. The van der Waals surface area contributed by atoms with Gasteiger partial charge < -0.3 is 0 Å². The highest BCUT2D eigenvalue weighted by molar-refractivity contribution is 14.1. The van der Waals surface area contributed by atoms with Gasteiger partial charge in [0.1, 0.15) is 0 Å². The van der Waals surface area contributed by atoms with Crippen molar-refractivity contribution in [1.82, 2.24) is 4.90 Å². The van der Waals surface area contributed by atoms with Crippen molar-refractivity contribution in [3.8, 4) is 0 Å². The first-order valence-electron chi connectivity index (χ1n) is 6.79. The summed E-state index contributed by atoms with van der Waals surface area (Å²) in [5.41, 5.74) is 1.80. The molecular formula is C17H11ClINO2S. The lowest BCUT2D eigenvalue weighted by Gasteiger charge is -2.12. The number of carbonyl (C=O) groups is 2. The zero-order chi connectivity index (χ0) is 16.4. The van der Waals surface area contributed by atoms with Gasteiger partial charge in [-0.25, -0.2) is 0 Å². The second kappa shape index (κ2) is 7.07. The molecule has 0 saturated carbocycles. The minimum atomic E-state index is -0.255. The molecule has 23 heavy (non-hydrogen) atoms. The van der Waals surface area contributed by atoms with E-state index in [1.807, 2.05) is 36.4 Å². The van der Waals surface area contributed by atoms with E-state index in [1.54, 1.807) is 18.2 Å². The molecule has 0 spiro atoms. The van der Waals surface area contributed by atoms with E-state index < -0.39 is 0 Å². The van der Waals surface area contributed by atoms with E-state index in [0.29, 0.717) is 9.93 Å². The molecule has 0 atom stereocenters. The number of thioether (sulfide) groups is 1. The second-order valence-corrected chi connectivity index (χ2v) is 7.51. The molecule has 0 aromatic heterocycles. The number of hydrogen-bond donors (Lipinski definition) is 0. The van der Waals surface area contributed by atoms with Crippen LogP contribution < -0.4 is 0 Å². The Kier molecular flexibility index (Phi) is 5.08. The molecule has 3 rings (SSSR count). The van der Waals surface area contributed by atoms with Crippen LogP contribution in [0, 0.1) is 3.57 Å². The molecule has 116 valence electrons. The van der Waals surface area contributed by atoms with E-state index in [2.05, 4.69) is 22.6 Å². The van der Waals surface area contributed by atoms with Gasteiger partial charge in [0.25, 0.3) is 11.1 Å². The molecule has 1 saturated heterocycles. The highest BCUT2D eigenvalue weighted by Crippen LogP contribution is 2.34. The summed E-state index contributed by atoms with van der Waals surface area (Å²) in [7, 11) is 0. The standard InChI is InChI=1S/C17H11ClINO2S/c18-13-7-5-11(6-8-13)10-20-16(21)15(23-17(20)22)9-12-3-1-2-4-14(12)19/h1-9H,10H2. The van der Waals surface area contributed by atoms with Gasteiger partial charge in [0.05, 0.1) is 11.4 Å². The first kappa shape index (κ1) is 16.5. The fraction of sp³-hybridized carbons (Fsp3) is 0.0588. The van der Waals surface area contributed by atoms with Crippen LogP contribution in [-0.4, -0.2) is 16.0 Å². The van der Waals surface area contributed by atoms with Crippen LogP contribution in [0.25, 0.3) is 6.08 Å². The number of benzene rings is 2. The van der Waals surface area contributed by atoms with Crippen molar-refractivity contribution in [1.29, 1.82) is 0 Å². The fourth-order valence-corrected chi connectivity index (χ4v) is 3.64. The Hall–Kier alpha value is -1.31. The maximum absolute atomic E-state index is 12.5. The molecule has 1 fully saturated rings. The number of nitrogens with zero attached hydrogens (tertiary/aromatic N) is 1. The van der Waals surface area contributed by atoms with Gasteiger partial charge in [-0.3, -0.25) is 14.5 Å². The number of carbonyl (C=O) groups excluding carboxylic acids is 2. The molecule has 0 unspecified atom stereocenters. The van der Waals surface area contributed by atoms with Gasteiger partial charge in [-0.15, -0.1) is 0 Å². The largest absolute Gasteiger partial charge is 0.293 e. The average Bonchev–Trinajstić information content (AvgIpc) is 2.79. The lowest BCUT2D eigenvalue weighted by Crippen LogP contribution is -2.27. The summed E-state index contributed by atoms with van der Waals surface area (Å²) >= 11 is 9.04. The van der Waals surface area contributed by atoms with E-state index in [4.69, 9.17) is 11.6 Å². The number of rotatable bonds is 3. The molecule has 0 bridgehead atoms. The van der Waals surface area contributed by atoms with Crippen LogP contribution in [0.4, 0.5) is 4.79 Å². The minimum Gasteiger partial charge on any atom is -0.268 e. The molecule has 2 aromatic carbocycles. The highest BCUT2D eigenvalue weighted by Gasteiger charge is 2.35. The first-order chi connectivity index (χ1) is 11.0. The summed E-state index contributed by atoms with van der Waals surface area (Å²) in [6.07, 6.45) is 1.77. The van der Waals surface area contributed by atoms with Gasteiger partial charge in [-0.2, -0.15) is 0 Å². The van der Waals surface area contributed by atoms with E-state index in [1.165, 1.54) is 4.90 Å². The predicted octanol–water partition coefficient (Wildman–Crippen LogP) is 5.18. The van der Waals surface area contributed by atoms with Crippen LogP contribution in [0.3, 0.4) is 0 Å². The summed E-state index contributed by atoms with van der Waals surface area (Å²) in [6.45, 7) is 0.255. The molecule has 2 aromatic rings. The normalized spacial score (nSPS) is 16.4. The summed E-state index contributed by atoms with van der Waals surface area (Å²) in [6, 6.07) is 14.9. The number of halogens is 2. The van der Waals surface area contributed by atoms with Gasteiger partial charge in [0.2, 0.25) is 0 Å². The Labute approximate surface area is 156 Å². The molecule has 0 radical (unpaired) electrons. The van der Waals surface area contributed by atoms with Crippen LogP contribution in [0.5, 0.6) is 0 Å². The third kappa shape index (κ3) is 3.79. The third-order valence-electron chi connectivity index (χ3n) is 3.32. The SMILES string of the molecule is O=C1SC(=Cc2ccccc2I)C(=O)N1Cc1ccc(Cl)cc1. The van der Waals surface area contributed by atoms with Gasteiger partial charge >= 0.3 is 0 Å². The predicted molar refractivity (Wildman–Crippen MR) is 102 cm³/mol. The number of imide groups is 1. The van der Waals surface area contributed by atoms with Crippen molar-refractivity contribution < 1.29 is 9.59 Å². The van der Waals surface area contributed by atoms with E-state index in [9.17, 15) is 9.59 Å². The Balaban J connectivity index is 1.82. The Morgan fingerprint density at radius 2 is 1.78 bits per heavy atom. The van der Waals surface area contributed by atoms with Gasteiger partial charge in [-0.05, 0) is 69.8 Å². The Bertz CT molecular complexity index is 804. The van der Waals surface area contributed by atoms with Crippen LogP contribution in [-0.2, 0) is 11.3 Å². The first-order valence-corrected chi connectivity index (χ1v) is 9.06. The van der Waals surface area contributed by atoms with Crippen LogP contribution in [0.1, 0.15) is 11.1 Å². The molecule has 6 heteroatoms. The molecule has 1 heterocycles. The molecule has 1 aliphatic rings. The van der Waals surface area contributed by atoms with Crippen molar-refractivity contribution >= 4 is 63.2 Å². The van der Waals surface area contributed by atoms with Gasteiger partial charge in [-0.1, -0.05) is 41.9 Å². The lowest BCUT2D eigenvalue weighted by molar-refractivity contribution is -0.123. The minimum absolute atomic E-state index is 0.248. The number of amides is 2. The lowest BCUT2D eigenvalue weighted by atomic mass is 10.2. The summed E-state index contributed by atoms with van der Waals surface area (Å²) < 4.78 is 1.04. The topological polar surface area (TPSA) is 37.4 Å². The molecule has 0 aliphatic carbocycles. The van der Waals surface area contributed by atoms with Crippen molar-refractivity contribution in [3.05, 3.63) is 73.2 Å². The number of hydrogen-bond acceptors (Lipinski definition) is 3. The van der Waals surface area contributed by atoms with Crippen molar-refractivity contribution in [2.75, 3.05) is 0 Å². The Morgan fingerprint density at radius 3 is 2.48 bits per heavy atom. The van der Waals surface area contributed by atoms with Crippen LogP contribution >= 0.6 is 46.0 Å². The fourth-order valence-electron chi connectivity index (χ4n) is 2.14. The molecule has 1 aliphatic heterocycles. The molecular weight excluding hydrogens is 445 g/mol. The van der Waals surface area contributed by atoms with Crippen LogP contribution in [0.15, 0.2) is 53.4 Å². The maximum atomic E-state index is 12.5. The van der Waals surface area contributed by atoms with E-state index in [0.717, 1.165) is 26.5 Å². The summed E-state index contributed by atoms with van der Waals surface area (Å²) in [5.74, 6) is -0.255. The smallest absolute Gasteiger partial charge is 0.268 e. The average molecular weight is 456 g/mol. The zero-order valence-electron chi connectivity index (χ0n) is 11.8. The van der Waals surface area contributed by atoms with Crippen molar-refractivity contribution in [3.63, 3.8) is 0 Å². The van der Waals surface area contributed by atoms with E-state index >= 15 is 0 Å². The van der Waals surface area contributed by atoms with Crippen LogP contribution in [0.2, 0.25) is 5.02 Å². The maximum Gasteiger partial charge on any atom is 0.293 e. The van der Waals surface area contributed by atoms with Gasteiger partial charge in [0, 0.05) is 8.59 Å². The molecule has 2 amide bonds. The third-order valence-corrected chi connectivity index (χ3v) is 5.46. The molecule has 3 nitrogen and oxygen atoms in total. The monoisotopic (exact) mass is 455 g/mol. The quantitative estimate of drug-likeness (QED) is 0.473. The van der Waals surface area contributed by atoms with Gasteiger partial charge in [0.15, 0.2) is 0 Å². The molecule has 0 N–H and O–H groups in total. The highest BCUT2D eigenvalue weighted by atomic mass is 127. The van der Waals surface area contributed by atoms with Crippen molar-refractivity contribution in [2.24, 2.45) is 0 Å². The summed E-state index contributed by atoms with van der Waals surface area (Å²) in [5, 5.41) is 0.378. The second-order valence-electron chi connectivity index (χ2n) is 4.92.